The summed E-state index contributed by atoms with van der Waals surface area (Å²) in [4.78, 5) is 0. The van der Waals surface area contributed by atoms with E-state index in [2.05, 4.69) is 0 Å². The van der Waals surface area contributed by atoms with E-state index >= 15 is 0 Å². The van der Waals surface area contributed by atoms with Crippen LogP contribution >= 0.6 is 0 Å². The Morgan fingerprint density at radius 3 is 2.40 bits per heavy atom. The third kappa shape index (κ3) is 6.03. The van der Waals surface area contributed by atoms with Gasteiger partial charge in [-0.3, -0.25) is 0 Å². The molecular weight excluding hydrogens is 350 g/mol. The van der Waals surface area contributed by atoms with E-state index in [9.17, 15) is 8.42 Å². The average molecular weight is 375 g/mol. The molecule has 142 valence electrons. The Kier molecular flexibility index (Phi) is 7.76. The molecule has 1 aliphatic heterocycles. The van der Waals surface area contributed by atoms with Gasteiger partial charge in [0.2, 0.25) is 16.8 Å². The van der Waals surface area contributed by atoms with Crippen LogP contribution in [0, 0.1) is 0 Å². The van der Waals surface area contributed by atoms with Gasteiger partial charge in [-0.05, 0) is 18.6 Å². The molecule has 0 spiro atoms. The topological polar surface area (TPSA) is 83.5 Å². The second-order valence-electron chi connectivity index (χ2n) is 5.42. The Balaban J connectivity index is 1.79. The molecule has 0 N–H and O–H groups in total. The summed E-state index contributed by atoms with van der Waals surface area (Å²) in [6, 6.07) is 5.28. The Labute approximate surface area is 148 Å². The summed E-state index contributed by atoms with van der Waals surface area (Å²) in [6.45, 7) is 1.81. The molecule has 1 aromatic carbocycles. The van der Waals surface area contributed by atoms with Crippen molar-refractivity contribution in [2.45, 2.75) is 6.42 Å². The Bertz CT molecular complexity index is 627. The van der Waals surface area contributed by atoms with Crippen molar-refractivity contribution in [1.82, 2.24) is 4.31 Å². The third-order valence-electron chi connectivity index (χ3n) is 3.64. The molecule has 1 aliphatic rings. The van der Waals surface area contributed by atoms with E-state index < -0.39 is 10.0 Å². The number of ether oxygens (including phenoxy) is 5. The van der Waals surface area contributed by atoms with Gasteiger partial charge in [0, 0.05) is 33.4 Å². The zero-order valence-electron chi connectivity index (χ0n) is 14.6. The van der Waals surface area contributed by atoms with Crippen LogP contribution in [-0.2, 0) is 19.5 Å². The van der Waals surface area contributed by atoms with E-state index in [1.807, 2.05) is 0 Å². The van der Waals surface area contributed by atoms with Crippen LogP contribution in [0.3, 0.4) is 0 Å². The van der Waals surface area contributed by atoms with Crippen LogP contribution in [0.2, 0.25) is 0 Å². The lowest BCUT2D eigenvalue weighted by atomic mass is 10.3. The van der Waals surface area contributed by atoms with E-state index in [4.69, 9.17) is 23.7 Å². The van der Waals surface area contributed by atoms with Crippen molar-refractivity contribution in [1.29, 1.82) is 0 Å². The highest BCUT2D eigenvalue weighted by molar-refractivity contribution is 7.89. The van der Waals surface area contributed by atoms with E-state index in [1.54, 1.807) is 32.4 Å². The lowest BCUT2D eigenvalue weighted by Crippen LogP contribution is -2.38. The molecule has 9 heteroatoms. The van der Waals surface area contributed by atoms with Gasteiger partial charge in [0.15, 0.2) is 11.5 Å². The van der Waals surface area contributed by atoms with Gasteiger partial charge in [0.25, 0.3) is 0 Å². The highest BCUT2D eigenvalue weighted by atomic mass is 32.2. The lowest BCUT2D eigenvalue weighted by Gasteiger charge is -2.21. The van der Waals surface area contributed by atoms with Crippen LogP contribution in [0.4, 0.5) is 0 Å². The van der Waals surface area contributed by atoms with Crippen LogP contribution in [0.1, 0.15) is 6.42 Å². The van der Waals surface area contributed by atoms with Crippen molar-refractivity contribution in [3.05, 3.63) is 18.2 Å². The summed E-state index contributed by atoms with van der Waals surface area (Å²) in [5.74, 6) is 1.94. The summed E-state index contributed by atoms with van der Waals surface area (Å²) in [5.41, 5.74) is 0. The number of hydrogen-bond donors (Lipinski definition) is 0. The van der Waals surface area contributed by atoms with Gasteiger partial charge in [-0.25, -0.2) is 8.42 Å². The van der Waals surface area contributed by atoms with Crippen molar-refractivity contribution in [3.8, 4) is 17.2 Å². The molecule has 0 radical (unpaired) electrons. The van der Waals surface area contributed by atoms with Crippen molar-refractivity contribution < 1.29 is 32.1 Å². The molecule has 0 amide bonds. The maximum atomic E-state index is 12.4. The first kappa shape index (κ1) is 19.8. The molecule has 2 rings (SSSR count). The first-order valence-electron chi connectivity index (χ1n) is 8.05. The summed E-state index contributed by atoms with van der Waals surface area (Å²) >= 11 is 0. The maximum Gasteiger partial charge on any atom is 0.231 e. The number of methoxy groups -OCH3 is 2. The van der Waals surface area contributed by atoms with Crippen molar-refractivity contribution in [2.75, 3.05) is 59.7 Å². The quantitative estimate of drug-likeness (QED) is 0.506. The third-order valence-corrected chi connectivity index (χ3v) is 5.60. The number of nitrogens with zero attached hydrogens (tertiary/aromatic N) is 1. The minimum atomic E-state index is -3.38. The second kappa shape index (κ2) is 9.81. The van der Waals surface area contributed by atoms with E-state index in [1.165, 1.54) is 4.31 Å². The fraction of sp³-hybridized carbons (Fsp3) is 0.625. The largest absolute Gasteiger partial charge is 0.493 e. The zero-order valence-corrected chi connectivity index (χ0v) is 15.4. The minimum Gasteiger partial charge on any atom is -0.493 e. The summed E-state index contributed by atoms with van der Waals surface area (Å²) in [5, 5.41) is 0. The standard InChI is InChI=1S/C16H25NO7S/c1-20-9-6-17(7-10-21-2)25(18,19)11-3-8-22-14-4-5-15-16(12-14)24-13-23-15/h4-5,12H,3,6-11,13H2,1-2H3. The monoisotopic (exact) mass is 375 g/mol. The number of benzene rings is 1. The van der Waals surface area contributed by atoms with Gasteiger partial charge in [-0.2, -0.15) is 4.31 Å². The van der Waals surface area contributed by atoms with E-state index in [0.29, 0.717) is 56.6 Å². The molecule has 1 aromatic rings. The van der Waals surface area contributed by atoms with Crippen LogP contribution in [0.15, 0.2) is 18.2 Å². The predicted octanol–water partition coefficient (Wildman–Crippen LogP) is 1.11. The molecule has 0 atom stereocenters. The summed E-state index contributed by atoms with van der Waals surface area (Å²) in [6.07, 6.45) is 0.382. The Morgan fingerprint density at radius 1 is 1.04 bits per heavy atom. The van der Waals surface area contributed by atoms with Crippen LogP contribution in [0.5, 0.6) is 17.2 Å². The molecule has 0 aliphatic carbocycles. The van der Waals surface area contributed by atoms with Crippen LogP contribution in [-0.4, -0.2) is 72.4 Å². The molecule has 0 aromatic heterocycles. The first-order chi connectivity index (χ1) is 12.1. The number of rotatable bonds is 12. The van der Waals surface area contributed by atoms with Crippen molar-refractivity contribution in [2.24, 2.45) is 0 Å². The second-order valence-corrected chi connectivity index (χ2v) is 7.51. The number of fused-ring (bicyclic) bond motifs is 1. The number of hydrogen-bond acceptors (Lipinski definition) is 7. The molecule has 0 bridgehead atoms. The molecule has 0 fully saturated rings. The van der Waals surface area contributed by atoms with Gasteiger partial charge >= 0.3 is 0 Å². The van der Waals surface area contributed by atoms with Crippen molar-refractivity contribution >= 4 is 10.0 Å². The molecule has 1 heterocycles. The van der Waals surface area contributed by atoms with Gasteiger partial charge in [0.1, 0.15) is 5.75 Å². The van der Waals surface area contributed by atoms with Crippen molar-refractivity contribution in [3.63, 3.8) is 0 Å². The SMILES string of the molecule is COCCN(CCOC)S(=O)(=O)CCCOc1ccc2c(c1)OCO2. The fourth-order valence-corrected chi connectivity index (χ4v) is 3.75. The van der Waals surface area contributed by atoms with E-state index in [0.717, 1.165) is 0 Å². The summed E-state index contributed by atoms with van der Waals surface area (Å²) < 4.78 is 52.3. The summed E-state index contributed by atoms with van der Waals surface area (Å²) in [7, 11) is -0.298. The van der Waals surface area contributed by atoms with Crippen LogP contribution in [0.25, 0.3) is 0 Å². The fourth-order valence-electron chi connectivity index (χ4n) is 2.30. The van der Waals surface area contributed by atoms with Gasteiger partial charge < -0.3 is 23.7 Å². The maximum absolute atomic E-state index is 12.4. The molecule has 0 saturated heterocycles. The molecule has 0 unspecified atom stereocenters. The highest BCUT2D eigenvalue weighted by Gasteiger charge is 2.21. The lowest BCUT2D eigenvalue weighted by molar-refractivity contribution is 0.150. The molecule has 8 nitrogen and oxygen atoms in total. The molecular formula is C16H25NO7S. The van der Waals surface area contributed by atoms with E-state index in [-0.39, 0.29) is 12.5 Å². The number of sulfonamides is 1. The first-order valence-corrected chi connectivity index (χ1v) is 9.66. The molecule has 0 saturated carbocycles. The Morgan fingerprint density at radius 2 is 1.72 bits per heavy atom. The molecule has 25 heavy (non-hydrogen) atoms. The highest BCUT2D eigenvalue weighted by Crippen LogP contribution is 2.35. The van der Waals surface area contributed by atoms with Gasteiger partial charge in [0.05, 0.1) is 25.6 Å². The van der Waals surface area contributed by atoms with Gasteiger partial charge in [-0.1, -0.05) is 0 Å². The smallest absolute Gasteiger partial charge is 0.231 e. The average Bonchev–Trinajstić information content (AvgIpc) is 3.06. The predicted molar refractivity (Wildman–Crippen MR) is 91.8 cm³/mol. The minimum absolute atomic E-state index is 0.00494. The van der Waals surface area contributed by atoms with Gasteiger partial charge in [-0.15, -0.1) is 0 Å². The normalized spacial score (nSPS) is 13.4. The zero-order chi connectivity index (χ0) is 18.1. The Hall–Kier alpha value is -1.55. The van der Waals surface area contributed by atoms with Crippen LogP contribution < -0.4 is 14.2 Å².